The van der Waals surface area contributed by atoms with E-state index in [1.165, 1.54) is 0 Å². The number of hydrogen-bond acceptors (Lipinski definition) is 1. The summed E-state index contributed by atoms with van der Waals surface area (Å²) in [4.78, 5) is 9.74. The Morgan fingerprint density at radius 3 is 1.80 bits per heavy atom. The number of nitrogens with zero attached hydrogens (tertiary/aromatic N) is 1. The normalized spacial score (nSPS) is 10.0. The summed E-state index contributed by atoms with van der Waals surface area (Å²) < 4.78 is 0. The van der Waals surface area contributed by atoms with Crippen molar-refractivity contribution in [2.45, 2.75) is 20.3 Å². The van der Waals surface area contributed by atoms with Crippen LogP contribution in [0.2, 0.25) is 0 Å². The van der Waals surface area contributed by atoms with Gasteiger partial charge in [0, 0.05) is 38.6 Å². The minimum Gasteiger partial charge on any atom is -0.668 e. The van der Waals surface area contributed by atoms with Crippen molar-refractivity contribution in [1.82, 2.24) is 0 Å². The van der Waals surface area contributed by atoms with E-state index < -0.39 is 0 Å². The third-order valence-corrected chi connectivity index (χ3v) is 0.876. The van der Waals surface area contributed by atoms with Gasteiger partial charge in [-0.15, -0.1) is 0 Å². The molecule has 1 radical (unpaired) electrons. The molecule has 0 N–H and O–H groups in total. The first-order chi connectivity index (χ1) is 4.22. The van der Waals surface area contributed by atoms with Crippen molar-refractivity contribution in [2.75, 3.05) is 14.1 Å². The Hall–Kier alpha value is 0.734. The van der Waals surface area contributed by atoms with Gasteiger partial charge in [-0.05, 0) is 6.42 Å². The van der Waals surface area contributed by atoms with Crippen molar-refractivity contribution in [3.8, 4) is 0 Å². The van der Waals surface area contributed by atoms with Crippen molar-refractivity contribution in [3.63, 3.8) is 0 Å². The number of rotatable bonds is 2. The Bertz CT molecular complexity index is 59.6. The second-order valence-electron chi connectivity index (χ2n) is 1.97. The van der Waals surface area contributed by atoms with Crippen molar-refractivity contribution >= 4 is 6.29 Å². The molecular weight excluding hydrogens is 203 g/mol. The summed E-state index contributed by atoms with van der Waals surface area (Å²) in [5.74, 6) is 0.255. The fraction of sp³-hybridized carbons (Fsp3) is 0.857. The molecule has 0 aliphatic carbocycles. The quantitative estimate of drug-likeness (QED) is 0.652. The summed E-state index contributed by atoms with van der Waals surface area (Å²) in [5, 5.41) is 3.50. The van der Waals surface area contributed by atoms with E-state index in [-0.39, 0.29) is 38.6 Å². The fourth-order valence-corrected chi connectivity index (χ4v) is 0.0962. The molecule has 3 heteroatoms. The van der Waals surface area contributed by atoms with Crippen LogP contribution >= 0.6 is 0 Å². The van der Waals surface area contributed by atoms with E-state index in [2.05, 4.69) is 5.32 Å². The van der Waals surface area contributed by atoms with E-state index in [4.69, 9.17) is 0 Å². The molecule has 0 spiro atoms. The molecule has 0 amide bonds. The summed E-state index contributed by atoms with van der Waals surface area (Å²) in [6, 6.07) is 0. The maximum atomic E-state index is 9.74. The van der Waals surface area contributed by atoms with Gasteiger partial charge >= 0.3 is 0 Å². The summed E-state index contributed by atoms with van der Waals surface area (Å²) in [7, 11) is 3.50. The summed E-state index contributed by atoms with van der Waals surface area (Å²) in [6.07, 6.45) is 1.93. The molecule has 59 valence electrons. The molecule has 10 heavy (non-hydrogen) atoms. The zero-order valence-corrected chi connectivity index (χ0v) is 10.1. The van der Waals surface area contributed by atoms with Crippen LogP contribution in [-0.2, 0) is 37.5 Å². The van der Waals surface area contributed by atoms with Gasteiger partial charge in [0.1, 0.15) is 6.29 Å². The van der Waals surface area contributed by atoms with Gasteiger partial charge in [-0.1, -0.05) is 13.8 Å². The van der Waals surface area contributed by atoms with Crippen LogP contribution in [0.3, 0.4) is 0 Å². The summed E-state index contributed by atoms with van der Waals surface area (Å²) in [6.45, 7) is 3.91. The van der Waals surface area contributed by atoms with E-state index in [0.717, 1.165) is 12.7 Å². The second kappa shape index (κ2) is 16.4. The molecule has 0 bridgehead atoms. The largest absolute Gasteiger partial charge is 0.668 e. The molecule has 0 heterocycles. The molecule has 2 nitrogen and oxygen atoms in total. The number of carbonyl (C=O) groups is 1. The maximum absolute atomic E-state index is 9.74. The van der Waals surface area contributed by atoms with Gasteiger partial charge < -0.3 is 10.1 Å². The second-order valence-corrected chi connectivity index (χ2v) is 1.97. The van der Waals surface area contributed by atoms with Crippen molar-refractivity contribution in [1.29, 1.82) is 0 Å². The van der Waals surface area contributed by atoms with Crippen LogP contribution < -0.4 is 0 Å². The standard InChI is InChI=1S/C5H10O.C2H6N.Y/c1-3-5(2)4-6;1-3-2;/h4-5H,3H2,1-2H3;1-2H3;/q;-1;. The topological polar surface area (TPSA) is 31.2 Å². The Balaban J connectivity index is -0.000000107. The molecule has 1 unspecified atom stereocenters. The summed E-state index contributed by atoms with van der Waals surface area (Å²) >= 11 is 0. The number of carbonyl (C=O) groups excluding carboxylic acids is 1. The smallest absolute Gasteiger partial charge is 0.122 e. The van der Waals surface area contributed by atoms with Crippen LogP contribution in [0.15, 0.2) is 0 Å². The molecule has 0 fully saturated rings. The van der Waals surface area contributed by atoms with Gasteiger partial charge in [-0.25, -0.2) is 0 Å². The first kappa shape index (κ1) is 17.0. The van der Waals surface area contributed by atoms with Gasteiger partial charge in [-0.3, -0.25) is 0 Å². The molecular formula is C7H16NOY-. The van der Waals surface area contributed by atoms with Gasteiger partial charge in [0.05, 0.1) is 0 Å². The van der Waals surface area contributed by atoms with Gasteiger partial charge in [0.25, 0.3) is 0 Å². The number of aldehydes is 1. The van der Waals surface area contributed by atoms with Crippen molar-refractivity contribution in [2.24, 2.45) is 5.92 Å². The minimum atomic E-state index is 0. The molecule has 0 rings (SSSR count). The van der Waals surface area contributed by atoms with Crippen LogP contribution in [0.5, 0.6) is 0 Å². The predicted octanol–water partition coefficient (Wildman–Crippen LogP) is 1.85. The van der Waals surface area contributed by atoms with Crippen LogP contribution in [0.25, 0.3) is 5.32 Å². The first-order valence-electron chi connectivity index (χ1n) is 3.16. The van der Waals surface area contributed by atoms with E-state index in [1.54, 1.807) is 14.1 Å². The van der Waals surface area contributed by atoms with E-state index in [1.807, 2.05) is 13.8 Å². The van der Waals surface area contributed by atoms with Gasteiger partial charge in [0.2, 0.25) is 0 Å². The molecule has 0 aromatic carbocycles. The Morgan fingerprint density at radius 2 is 1.80 bits per heavy atom. The predicted molar refractivity (Wildman–Crippen MR) is 40.7 cm³/mol. The fourth-order valence-electron chi connectivity index (χ4n) is 0.0962. The average Bonchev–Trinajstić information content (AvgIpc) is 1.88. The SMILES string of the molecule is CCC(C)C=O.C[N-]C.[Y]. The Labute approximate surface area is 89.0 Å². The monoisotopic (exact) mass is 219 g/mol. The zero-order chi connectivity index (χ0) is 7.70. The van der Waals surface area contributed by atoms with Crippen molar-refractivity contribution < 1.29 is 37.5 Å². The van der Waals surface area contributed by atoms with Gasteiger partial charge in [0.15, 0.2) is 0 Å². The maximum Gasteiger partial charge on any atom is 0.122 e. The van der Waals surface area contributed by atoms with Crippen molar-refractivity contribution in [3.05, 3.63) is 5.32 Å². The molecule has 1 atom stereocenters. The van der Waals surface area contributed by atoms with E-state index in [9.17, 15) is 4.79 Å². The van der Waals surface area contributed by atoms with Crippen LogP contribution in [-0.4, -0.2) is 20.4 Å². The van der Waals surface area contributed by atoms with Crippen LogP contribution in [0.1, 0.15) is 20.3 Å². The molecule has 0 saturated heterocycles. The number of hydrogen-bond donors (Lipinski definition) is 0. The minimum absolute atomic E-state index is 0. The zero-order valence-electron chi connectivity index (χ0n) is 7.29. The van der Waals surface area contributed by atoms with E-state index >= 15 is 0 Å². The molecule has 0 aromatic rings. The Kier molecular flexibility index (Phi) is 27.8. The molecule has 0 aliphatic heterocycles. The van der Waals surface area contributed by atoms with Crippen LogP contribution in [0.4, 0.5) is 0 Å². The Morgan fingerprint density at radius 1 is 1.50 bits per heavy atom. The molecule has 0 saturated carbocycles. The van der Waals surface area contributed by atoms with E-state index in [0.29, 0.717) is 0 Å². The third kappa shape index (κ3) is 23.3. The third-order valence-electron chi connectivity index (χ3n) is 0.876. The molecule has 0 aliphatic rings. The van der Waals surface area contributed by atoms with Gasteiger partial charge in [-0.2, -0.15) is 14.1 Å². The molecule has 0 aromatic heterocycles. The average molecular weight is 219 g/mol. The summed E-state index contributed by atoms with van der Waals surface area (Å²) in [5.41, 5.74) is 0. The van der Waals surface area contributed by atoms with Crippen LogP contribution in [0, 0.1) is 5.92 Å². The first-order valence-corrected chi connectivity index (χ1v) is 3.16.